The SMILES string of the molecule is C=CC(=O)Nc1cccc(C(=O)N(CCOC)Cc2nc(-c3cccc(Br)c3)cs2)c1. The lowest BCUT2D eigenvalue weighted by molar-refractivity contribution is -0.111. The average molecular weight is 500 g/mol. The Morgan fingerprint density at radius 3 is 2.81 bits per heavy atom. The zero-order valence-corrected chi connectivity index (χ0v) is 19.4. The van der Waals surface area contributed by atoms with Gasteiger partial charge >= 0.3 is 0 Å². The highest BCUT2D eigenvalue weighted by molar-refractivity contribution is 9.10. The van der Waals surface area contributed by atoms with E-state index in [2.05, 4.69) is 27.8 Å². The number of ether oxygens (including phenoxy) is 1. The number of carbonyl (C=O) groups excluding carboxylic acids is 2. The second-order valence-corrected chi connectivity index (χ2v) is 8.49. The van der Waals surface area contributed by atoms with Crippen LogP contribution in [0.3, 0.4) is 0 Å². The molecule has 0 saturated carbocycles. The van der Waals surface area contributed by atoms with Crippen LogP contribution in [0.15, 0.2) is 71.0 Å². The quantitative estimate of drug-likeness (QED) is 0.421. The summed E-state index contributed by atoms with van der Waals surface area (Å²) in [5, 5.41) is 5.49. The van der Waals surface area contributed by atoms with Gasteiger partial charge in [0.05, 0.1) is 18.8 Å². The molecule has 0 aliphatic rings. The molecule has 1 aromatic heterocycles. The van der Waals surface area contributed by atoms with Crippen LogP contribution in [0.1, 0.15) is 15.4 Å². The summed E-state index contributed by atoms with van der Waals surface area (Å²) in [4.78, 5) is 31.2. The van der Waals surface area contributed by atoms with Gasteiger partial charge in [-0.05, 0) is 36.4 Å². The van der Waals surface area contributed by atoms with E-state index in [-0.39, 0.29) is 11.8 Å². The molecule has 0 atom stereocenters. The van der Waals surface area contributed by atoms with E-state index in [4.69, 9.17) is 9.72 Å². The molecule has 3 rings (SSSR count). The number of methoxy groups -OCH3 is 1. The van der Waals surface area contributed by atoms with Crippen LogP contribution >= 0.6 is 27.3 Å². The predicted molar refractivity (Wildman–Crippen MR) is 127 cm³/mol. The van der Waals surface area contributed by atoms with Crippen LogP contribution in [0.25, 0.3) is 11.3 Å². The second-order valence-electron chi connectivity index (χ2n) is 6.63. The van der Waals surface area contributed by atoms with Crippen molar-refractivity contribution in [3.05, 3.63) is 81.6 Å². The maximum Gasteiger partial charge on any atom is 0.254 e. The number of nitrogens with zero attached hydrogens (tertiary/aromatic N) is 2. The number of rotatable bonds is 9. The van der Waals surface area contributed by atoms with Crippen molar-refractivity contribution in [2.45, 2.75) is 6.54 Å². The maximum absolute atomic E-state index is 13.2. The van der Waals surface area contributed by atoms with Gasteiger partial charge in [-0.15, -0.1) is 11.3 Å². The predicted octanol–water partition coefficient (Wildman–Crippen LogP) is 4.99. The van der Waals surface area contributed by atoms with E-state index in [0.717, 1.165) is 20.7 Å². The Balaban J connectivity index is 1.79. The van der Waals surface area contributed by atoms with Crippen molar-refractivity contribution in [3.63, 3.8) is 0 Å². The Labute approximate surface area is 193 Å². The van der Waals surface area contributed by atoms with E-state index in [1.54, 1.807) is 36.3 Å². The summed E-state index contributed by atoms with van der Waals surface area (Å²) in [5.41, 5.74) is 2.89. The van der Waals surface area contributed by atoms with E-state index in [0.29, 0.717) is 30.9 Å². The first-order valence-corrected chi connectivity index (χ1v) is 11.2. The lowest BCUT2D eigenvalue weighted by Gasteiger charge is -2.21. The van der Waals surface area contributed by atoms with Gasteiger partial charge in [-0.2, -0.15) is 0 Å². The van der Waals surface area contributed by atoms with Crippen LogP contribution in [0.5, 0.6) is 0 Å². The van der Waals surface area contributed by atoms with Crippen LogP contribution < -0.4 is 5.32 Å². The molecule has 0 spiro atoms. The minimum Gasteiger partial charge on any atom is -0.383 e. The Bertz CT molecular complexity index is 1080. The Morgan fingerprint density at radius 1 is 1.26 bits per heavy atom. The molecular formula is C23H22BrN3O3S. The van der Waals surface area contributed by atoms with Crippen molar-refractivity contribution in [2.75, 3.05) is 25.6 Å². The number of carbonyl (C=O) groups is 2. The van der Waals surface area contributed by atoms with Gasteiger partial charge in [-0.3, -0.25) is 9.59 Å². The molecule has 2 amide bonds. The molecule has 31 heavy (non-hydrogen) atoms. The third-order valence-corrected chi connectivity index (χ3v) is 5.74. The molecule has 0 unspecified atom stereocenters. The zero-order valence-electron chi connectivity index (χ0n) is 17.0. The Kier molecular flexibility index (Phi) is 8.11. The highest BCUT2D eigenvalue weighted by Gasteiger charge is 2.18. The van der Waals surface area contributed by atoms with Gasteiger partial charge in [-0.1, -0.05) is 40.7 Å². The summed E-state index contributed by atoms with van der Waals surface area (Å²) in [7, 11) is 1.60. The zero-order chi connectivity index (χ0) is 22.2. The van der Waals surface area contributed by atoms with Gasteiger partial charge in [0.1, 0.15) is 5.01 Å². The summed E-state index contributed by atoms with van der Waals surface area (Å²) in [5.74, 6) is -0.491. The van der Waals surface area contributed by atoms with Gasteiger partial charge in [-0.25, -0.2) is 4.98 Å². The number of amides is 2. The molecule has 0 saturated heterocycles. The lowest BCUT2D eigenvalue weighted by Crippen LogP contribution is -2.33. The van der Waals surface area contributed by atoms with Crippen LogP contribution in [-0.2, 0) is 16.1 Å². The summed E-state index contributed by atoms with van der Waals surface area (Å²) in [6.07, 6.45) is 1.19. The molecule has 1 heterocycles. The van der Waals surface area contributed by atoms with Gasteiger partial charge in [0.15, 0.2) is 0 Å². The van der Waals surface area contributed by atoms with E-state index < -0.39 is 0 Å². The van der Waals surface area contributed by atoms with Gasteiger partial charge in [0, 0.05) is 40.3 Å². The highest BCUT2D eigenvalue weighted by atomic mass is 79.9. The molecule has 0 aliphatic heterocycles. The number of benzene rings is 2. The topological polar surface area (TPSA) is 71.5 Å². The molecular weight excluding hydrogens is 478 g/mol. The minimum absolute atomic E-state index is 0.161. The molecule has 160 valence electrons. The van der Waals surface area contributed by atoms with E-state index in [1.807, 2.05) is 29.6 Å². The molecule has 0 bridgehead atoms. The number of hydrogen-bond donors (Lipinski definition) is 1. The first-order valence-electron chi connectivity index (χ1n) is 9.52. The number of hydrogen-bond acceptors (Lipinski definition) is 5. The summed E-state index contributed by atoms with van der Waals surface area (Å²) in [6.45, 7) is 4.63. The summed E-state index contributed by atoms with van der Waals surface area (Å²) in [6, 6.07) is 14.8. The Morgan fingerprint density at radius 2 is 2.06 bits per heavy atom. The molecule has 3 aromatic rings. The van der Waals surface area contributed by atoms with Crippen molar-refractivity contribution in [1.82, 2.24) is 9.88 Å². The third kappa shape index (κ3) is 6.33. The first kappa shape index (κ1) is 22.9. The van der Waals surface area contributed by atoms with Crippen molar-refractivity contribution in [3.8, 4) is 11.3 Å². The van der Waals surface area contributed by atoms with Crippen LogP contribution in [0, 0.1) is 0 Å². The normalized spacial score (nSPS) is 10.5. The van der Waals surface area contributed by atoms with Crippen LogP contribution in [0.2, 0.25) is 0 Å². The van der Waals surface area contributed by atoms with Crippen LogP contribution in [0.4, 0.5) is 5.69 Å². The fraction of sp³-hybridized carbons (Fsp3) is 0.174. The van der Waals surface area contributed by atoms with Gasteiger partial charge in [0.2, 0.25) is 5.91 Å². The standard InChI is InChI=1S/C23H22BrN3O3S/c1-3-21(28)25-19-9-5-7-17(13-19)23(29)27(10-11-30-2)14-22-26-20(15-31-22)16-6-4-8-18(24)12-16/h3-9,12-13,15H,1,10-11,14H2,2H3,(H,25,28). The molecule has 0 aliphatic carbocycles. The number of aromatic nitrogens is 1. The molecule has 1 N–H and O–H groups in total. The number of nitrogens with one attached hydrogen (secondary N) is 1. The van der Waals surface area contributed by atoms with Gasteiger partial charge < -0.3 is 15.0 Å². The summed E-state index contributed by atoms with van der Waals surface area (Å²) >= 11 is 4.99. The molecule has 6 nitrogen and oxygen atoms in total. The largest absolute Gasteiger partial charge is 0.383 e. The lowest BCUT2D eigenvalue weighted by atomic mass is 10.1. The maximum atomic E-state index is 13.2. The van der Waals surface area contributed by atoms with Crippen LogP contribution in [-0.4, -0.2) is 42.0 Å². The van der Waals surface area contributed by atoms with E-state index >= 15 is 0 Å². The van der Waals surface area contributed by atoms with Gasteiger partial charge in [0.25, 0.3) is 5.91 Å². The fourth-order valence-corrected chi connectivity index (χ4v) is 4.10. The monoisotopic (exact) mass is 499 g/mol. The molecule has 0 fully saturated rings. The van der Waals surface area contributed by atoms with Crippen molar-refractivity contribution < 1.29 is 14.3 Å². The van der Waals surface area contributed by atoms with Crippen molar-refractivity contribution >= 4 is 44.8 Å². The Hall–Kier alpha value is -2.81. The average Bonchev–Trinajstić information content (AvgIpc) is 3.25. The number of anilines is 1. The van der Waals surface area contributed by atoms with Crippen molar-refractivity contribution in [2.24, 2.45) is 0 Å². The molecule has 0 radical (unpaired) electrons. The van der Waals surface area contributed by atoms with E-state index in [9.17, 15) is 9.59 Å². The number of thiazole rings is 1. The third-order valence-electron chi connectivity index (χ3n) is 4.41. The molecule has 8 heteroatoms. The van der Waals surface area contributed by atoms with Crippen molar-refractivity contribution in [1.29, 1.82) is 0 Å². The fourth-order valence-electron chi connectivity index (χ4n) is 2.89. The number of halogens is 1. The molecule has 2 aromatic carbocycles. The smallest absolute Gasteiger partial charge is 0.254 e. The summed E-state index contributed by atoms with van der Waals surface area (Å²) < 4.78 is 6.18. The minimum atomic E-state index is -0.330. The second kappa shape index (κ2) is 11.0. The highest BCUT2D eigenvalue weighted by Crippen LogP contribution is 2.25. The first-order chi connectivity index (χ1) is 15.0. The van der Waals surface area contributed by atoms with E-state index in [1.165, 1.54) is 17.4 Å².